The minimum Gasteiger partial charge on any atom is -0.490 e. The molecule has 6 atom stereocenters. The molecular formula is C49H64N12O11S. The highest BCUT2D eigenvalue weighted by molar-refractivity contribution is 7.87. The Balaban J connectivity index is 1.65. The Morgan fingerprint density at radius 3 is 2.03 bits per heavy atom. The van der Waals surface area contributed by atoms with E-state index in [4.69, 9.17) is 26.1 Å². The zero-order valence-electron chi connectivity index (χ0n) is 41.7. The number of nitrogens with zero attached hydrogens (tertiary/aromatic N) is 4. The summed E-state index contributed by atoms with van der Waals surface area (Å²) in [5, 5.41) is 45.6. The Bertz CT molecular complexity index is 2810. The van der Waals surface area contributed by atoms with Gasteiger partial charge in [0.05, 0.1) is 23.0 Å². The summed E-state index contributed by atoms with van der Waals surface area (Å²) in [5.74, 6) is -3.78. The lowest BCUT2D eigenvalue weighted by Crippen LogP contribution is -2.57. The number of aryl methyl sites for hydroxylation is 2. The maximum atomic E-state index is 14.9. The first-order valence-corrected chi connectivity index (χ1v) is 24.8. The summed E-state index contributed by atoms with van der Waals surface area (Å²) in [7, 11) is -3.27. The second-order valence-corrected chi connectivity index (χ2v) is 19.9. The smallest absolute Gasteiger partial charge is 0.274 e. The Labute approximate surface area is 423 Å². The number of ether oxygens (including phenoxy) is 2. The Hall–Kier alpha value is -7.11. The normalized spacial score (nSPS) is 17.3. The molecule has 4 bridgehead atoms. The third-order valence-corrected chi connectivity index (χ3v) is 12.4. The lowest BCUT2D eigenvalue weighted by Gasteiger charge is -2.33. The zero-order chi connectivity index (χ0) is 53.9. The number of hydrogen-bond acceptors (Lipinski definition) is 16. The molecule has 0 spiro atoms. The number of rotatable bonds is 18. The number of nitrogens with one attached hydrogen (secondary N) is 5. The maximum absolute atomic E-state index is 14.9. The van der Waals surface area contributed by atoms with Crippen molar-refractivity contribution in [1.82, 2.24) is 40.9 Å². The summed E-state index contributed by atoms with van der Waals surface area (Å²) in [6, 6.07) is 12.5. The van der Waals surface area contributed by atoms with E-state index in [1.165, 1.54) is 38.2 Å². The van der Waals surface area contributed by atoms with Gasteiger partial charge in [0.2, 0.25) is 23.6 Å². The molecule has 0 radical (unpaired) electrons. The van der Waals surface area contributed by atoms with Gasteiger partial charge in [0.1, 0.15) is 67.6 Å². The summed E-state index contributed by atoms with van der Waals surface area (Å²) in [6.45, 7) is 8.67. The fourth-order valence-electron chi connectivity index (χ4n) is 7.80. The topological polar surface area (TPSA) is 369 Å². The summed E-state index contributed by atoms with van der Waals surface area (Å²) in [6.07, 6.45) is -2.35. The highest BCUT2D eigenvalue weighted by atomic mass is 32.2. The van der Waals surface area contributed by atoms with Crippen molar-refractivity contribution in [3.05, 3.63) is 94.3 Å². The fraction of sp³-hybridized carbons (Fsp3) is 0.429. The van der Waals surface area contributed by atoms with E-state index in [-0.39, 0.29) is 89.8 Å². The van der Waals surface area contributed by atoms with E-state index in [1.807, 2.05) is 30.3 Å². The van der Waals surface area contributed by atoms with Gasteiger partial charge in [0.15, 0.2) is 5.82 Å². The van der Waals surface area contributed by atoms with Crippen LogP contribution in [0.15, 0.2) is 60.7 Å². The molecule has 13 N–H and O–H groups in total. The van der Waals surface area contributed by atoms with Crippen LogP contribution in [0.25, 0.3) is 22.5 Å². The molecule has 0 saturated carbocycles. The minimum atomic E-state index is -4.48. The number of hydrogen-bond donors (Lipinski definition) is 10. The quantitative estimate of drug-likeness (QED) is 0.0556. The van der Waals surface area contributed by atoms with Gasteiger partial charge in [0.25, 0.3) is 16.1 Å². The van der Waals surface area contributed by atoms with Crippen LogP contribution in [0.4, 0.5) is 0 Å². The molecule has 5 amide bonds. The second kappa shape index (κ2) is 24.5. The molecule has 4 aromatic rings. The lowest BCUT2D eigenvalue weighted by atomic mass is 9.86. The number of carbonyl (C=O) groups excluding carboxylic acids is 5. The molecule has 23 nitrogen and oxygen atoms in total. The number of amides is 5. The van der Waals surface area contributed by atoms with Gasteiger partial charge >= 0.3 is 0 Å². The van der Waals surface area contributed by atoms with Gasteiger partial charge in [-0.05, 0) is 67.1 Å². The van der Waals surface area contributed by atoms with E-state index >= 15 is 0 Å². The average Bonchev–Trinajstić information content (AvgIpc) is 3.34. The molecule has 1 aliphatic rings. The molecular weight excluding hydrogens is 965 g/mol. The van der Waals surface area contributed by atoms with Crippen molar-refractivity contribution >= 4 is 39.7 Å². The maximum Gasteiger partial charge on any atom is 0.274 e. The molecule has 24 heteroatoms. The molecule has 2 heterocycles. The van der Waals surface area contributed by atoms with Crippen molar-refractivity contribution in [3.63, 3.8) is 0 Å². The summed E-state index contributed by atoms with van der Waals surface area (Å²) in [4.78, 5) is 81.3. The van der Waals surface area contributed by atoms with Gasteiger partial charge in [-0.15, -0.1) is 0 Å². The van der Waals surface area contributed by atoms with E-state index in [9.17, 15) is 47.9 Å². The lowest BCUT2D eigenvalue weighted by molar-refractivity contribution is -0.141. The van der Waals surface area contributed by atoms with Gasteiger partial charge in [-0.1, -0.05) is 57.2 Å². The Kier molecular flexibility index (Phi) is 19.1. The first-order chi connectivity index (χ1) is 34.3. The molecule has 3 aromatic carbocycles. The van der Waals surface area contributed by atoms with Crippen molar-refractivity contribution in [3.8, 4) is 40.1 Å². The van der Waals surface area contributed by atoms with Crippen molar-refractivity contribution in [2.45, 2.75) is 89.8 Å². The minimum absolute atomic E-state index is 0.0134. The Morgan fingerprint density at radius 2 is 1.48 bits per heavy atom. The average molecular weight is 1030 g/mol. The molecule has 392 valence electrons. The number of carbonyl (C=O) groups is 5. The van der Waals surface area contributed by atoms with Gasteiger partial charge < -0.3 is 57.3 Å². The number of benzene rings is 3. The third kappa shape index (κ3) is 15.0. The van der Waals surface area contributed by atoms with Gasteiger partial charge in [-0.2, -0.15) is 18.4 Å². The van der Waals surface area contributed by atoms with E-state index < -0.39 is 82.7 Å². The first-order valence-electron chi connectivity index (χ1n) is 23.2. The van der Waals surface area contributed by atoms with Crippen LogP contribution in [-0.4, -0.2) is 140 Å². The van der Waals surface area contributed by atoms with Crippen LogP contribution in [0.3, 0.4) is 0 Å². The number of nitriles is 1. The third-order valence-electron chi connectivity index (χ3n) is 11.8. The number of nitrogens with two attached hydrogens (primary N) is 3. The van der Waals surface area contributed by atoms with Crippen LogP contribution in [0, 0.1) is 25.2 Å². The number of aliphatic hydroxyl groups excluding tert-OH is 2. The molecule has 3 unspecified atom stereocenters. The molecule has 1 aromatic heterocycles. The monoisotopic (exact) mass is 1030 g/mol. The number of likely N-dealkylation sites (N-methyl/N-ethyl adjacent to an activating group) is 1. The van der Waals surface area contributed by atoms with Crippen LogP contribution in [0.1, 0.15) is 72.2 Å². The van der Waals surface area contributed by atoms with E-state index in [2.05, 4.69) is 56.7 Å². The van der Waals surface area contributed by atoms with Gasteiger partial charge in [-0.25, -0.2) is 15.1 Å². The van der Waals surface area contributed by atoms with Gasteiger partial charge in [0, 0.05) is 49.8 Å². The van der Waals surface area contributed by atoms with Crippen LogP contribution >= 0.6 is 0 Å². The zero-order valence-corrected chi connectivity index (χ0v) is 42.5. The van der Waals surface area contributed by atoms with Crippen molar-refractivity contribution in [1.29, 1.82) is 5.26 Å². The van der Waals surface area contributed by atoms with Gasteiger partial charge in [-0.3, -0.25) is 24.0 Å². The van der Waals surface area contributed by atoms with Crippen LogP contribution < -0.4 is 52.1 Å². The van der Waals surface area contributed by atoms with E-state index in [0.717, 1.165) is 10.5 Å². The summed E-state index contributed by atoms with van der Waals surface area (Å²) < 4.78 is 38.8. The van der Waals surface area contributed by atoms with Crippen LogP contribution in [0.2, 0.25) is 0 Å². The highest BCUT2D eigenvalue weighted by Gasteiger charge is 2.37. The molecule has 73 heavy (non-hydrogen) atoms. The highest BCUT2D eigenvalue weighted by Crippen LogP contribution is 2.40. The van der Waals surface area contributed by atoms with E-state index in [1.54, 1.807) is 26.0 Å². The Morgan fingerprint density at radius 1 is 0.904 bits per heavy atom. The molecule has 0 saturated heterocycles. The van der Waals surface area contributed by atoms with Crippen LogP contribution in [0.5, 0.6) is 11.5 Å². The summed E-state index contributed by atoms with van der Waals surface area (Å²) >= 11 is 0. The van der Waals surface area contributed by atoms with Crippen molar-refractivity contribution in [2.24, 2.45) is 16.6 Å². The predicted octanol–water partition coefficient (Wildman–Crippen LogP) is -0.602. The molecule has 1 aliphatic heterocycles. The molecule has 0 fully saturated rings. The van der Waals surface area contributed by atoms with Crippen LogP contribution in [-0.2, 0) is 41.2 Å². The number of fused-ring (bicyclic) bond motifs is 5. The van der Waals surface area contributed by atoms with Crippen molar-refractivity contribution < 1.29 is 52.1 Å². The fourth-order valence-corrected chi connectivity index (χ4v) is 8.20. The number of aliphatic hydroxyl groups is 2. The molecule has 5 rings (SSSR count). The predicted molar refractivity (Wildman–Crippen MR) is 268 cm³/mol. The largest absolute Gasteiger partial charge is 0.490 e. The first kappa shape index (κ1) is 56.8. The molecule has 0 aliphatic carbocycles. The van der Waals surface area contributed by atoms with E-state index in [0.29, 0.717) is 17.0 Å². The second-order valence-electron chi connectivity index (χ2n) is 18.6. The SMILES string of the molecule is Cc1nc(-c2ccc(C(C)(C)C)cc2)nc(C)c1C(=O)NC(CNS(N)(=O)=O)C(=O)N(C)[C@@H]1C(=O)N[C@@H](C)C(=O)N[C@H](C(=O)NCC#N)Cc2ccc(OCC(O)CN)c(c2)-c2cc1ccc2OCC(O)CN. The summed E-state index contributed by atoms with van der Waals surface area (Å²) in [5.41, 5.74) is 14.5. The van der Waals surface area contributed by atoms with Crippen molar-refractivity contribution in [2.75, 3.05) is 46.4 Å². The standard InChI is InChI=1S/C49H64N12O11S/c1-26-41(27(2)57-43(56-26)30-9-12-32(13-10-30)49(4,5)6)46(66)60-38(23-55-73(53,69)70)48(68)61(7)42-31-11-15-40(72-25-34(63)22-52)36(20-31)35-18-29(8-14-39(35)71-24-33(62)21-51)19-37(45(65)54-17-16-50)59-44(64)28(3)58-47(42)67/h8-15,18,20,28,33-34,37-38,42,55,62-63H,17,19,21-25,51-52H2,1-7H3,(H,54,65)(H,58,67)(H,59,64)(H,60,66)(H2,53,69,70)/t28-,33?,34?,37-,38?,42-/m0/s1. The number of aromatic nitrogens is 2.